The molecule has 2 rings (SSSR count). The van der Waals surface area contributed by atoms with E-state index in [0.717, 1.165) is 31.7 Å². The molecule has 0 saturated heterocycles. The lowest BCUT2D eigenvalue weighted by Gasteiger charge is -2.28. The maximum absolute atomic E-state index is 13.4. The van der Waals surface area contributed by atoms with Crippen LogP contribution in [0.2, 0.25) is 0 Å². The summed E-state index contributed by atoms with van der Waals surface area (Å²) in [5.74, 6) is -0.601. The van der Waals surface area contributed by atoms with Gasteiger partial charge in [-0.05, 0) is 47.0 Å². The van der Waals surface area contributed by atoms with Gasteiger partial charge in [0, 0.05) is 12.1 Å². The fourth-order valence-electron chi connectivity index (χ4n) is 2.39. The molecule has 0 amide bonds. The Kier molecular flexibility index (Phi) is 5.98. The Balaban J connectivity index is 0.00000200. The first-order valence-electron chi connectivity index (χ1n) is 6.08. The first-order valence-corrected chi connectivity index (χ1v) is 8.35. The average Bonchev–Trinajstić information content (AvgIpc) is 2.81. The molecule has 20 heavy (non-hydrogen) atoms. The number of hydrogen-bond acceptors (Lipinski definition) is 3. The molecule has 1 fully saturated rings. The van der Waals surface area contributed by atoms with Crippen molar-refractivity contribution in [3.05, 3.63) is 28.5 Å². The molecule has 1 aliphatic carbocycles. The van der Waals surface area contributed by atoms with Gasteiger partial charge >= 0.3 is 0 Å². The summed E-state index contributed by atoms with van der Waals surface area (Å²) in [7, 11) is -3.74. The van der Waals surface area contributed by atoms with Crippen LogP contribution in [-0.2, 0) is 10.0 Å². The average molecular weight is 388 g/mol. The fourth-order valence-corrected chi connectivity index (χ4v) is 4.12. The molecule has 0 heterocycles. The molecule has 0 bridgehead atoms. The lowest BCUT2D eigenvalue weighted by molar-refractivity contribution is 0.399. The second-order valence-electron chi connectivity index (χ2n) is 4.87. The zero-order chi connectivity index (χ0) is 14.1. The normalized spacial score (nSPS) is 17.8. The van der Waals surface area contributed by atoms with Crippen LogP contribution in [0.1, 0.15) is 25.7 Å². The smallest absolute Gasteiger partial charge is 0.241 e. The highest BCUT2D eigenvalue weighted by Gasteiger charge is 2.36. The molecule has 0 atom stereocenters. The van der Waals surface area contributed by atoms with Crippen LogP contribution in [0.5, 0.6) is 0 Å². The van der Waals surface area contributed by atoms with Gasteiger partial charge in [-0.1, -0.05) is 12.8 Å². The van der Waals surface area contributed by atoms with Crippen molar-refractivity contribution in [2.75, 3.05) is 6.54 Å². The largest absolute Gasteiger partial charge is 0.329 e. The number of rotatable bonds is 4. The molecule has 1 saturated carbocycles. The van der Waals surface area contributed by atoms with E-state index < -0.39 is 21.4 Å². The van der Waals surface area contributed by atoms with Crippen LogP contribution in [0.15, 0.2) is 27.6 Å². The molecule has 0 aliphatic heterocycles. The SMILES string of the molecule is Cl.NCC1(NS(=O)(=O)c2ccc(Br)c(F)c2)CCCC1. The van der Waals surface area contributed by atoms with Gasteiger partial charge in [0.1, 0.15) is 5.82 Å². The fraction of sp³-hybridized carbons (Fsp3) is 0.500. The van der Waals surface area contributed by atoms with E-state index >= 15 is 0 Å². The van der Waals surface area contributed by atoms with E-state index in [-0.39, 0.29) is 28.3 Å². The molecular formula is C12H17BrClFN2O2S. The second kappa shape index (κ2) is 6.70. The van der Waals surface area contributed by atoms with Gasteiger partial charge in [-0.3, -0.25) is 0 Å². The molecular weight excluding hydrogens is 371 g/mol. The molecule has 3 N–H and O–H groups in total. The van der Waals surface area contributed by atoms with Gasteiger partial charge in [-0.15, -0.1) is 12.4 Å². The summed E-state index contributed by atoms with van der Waals surface area (Å²) in [6.07, 6.45) is 3.35. The maximum atomic E-state index is 13.4. The number of nitrogens with two attached hydrogens (primary N) is 1. The molecule has 0 radical (unpaired) electrons. The summed E-state index contributed by atoms with van der Waals surface area (Å²) in [5.41, 5.74) is 5.12. The Morgan fingerprint density at radius 2 is 1.95 bits per heavy atom. The van der Waals surface area contributed by atoms with Crippen LogP contribution >= 0.6 is 28.3 Å². The van der Waals surface area contributed by atoms with E-state index in [9.17, 15) is 12.8 Å². The van der Waals surface area contributed by atoms with Crippen molar-refractivity contribution in [2.24, 2.45) is 5.73 Å². The van der Waals surface area contributed by atoms with E-state index in [2.05, 4.69) is 20.7 Å². The molecule has 0 aromatic heterocycles. The van der Waals surface area contributed by atoms with Crippen molar-refractivity contribution < 1.29 is 12.8 Å². The lowest BCUT2D eigenvalue weighted by atomic mass is 10.0. The van der Waals surface area contributed by atoms with E-state index in [1.165, 1.54) is 12.1 Å². The highest BCUT2D eigenvalue weighted by atomic mass is 79.9. The van der Waals surface area contributed by atoms with Crippen LogP contribution in [0, 0.1) is 5.82 Å². The monoisotopic (exact) mass is 386 g/mol. The second-order valence-corrected chi connectivity index (χ2v) is 7.41. The number of sulfonamides is 1. The molecule has 4 nitrogen and oxygen atoms in total. The zero-order valence-electron chi connectivity index (χ0n) is 10.7. The van der Waals surface area contributed by atoms with Crippen molar-refractivity contribution >= 4 is 38.4 Å². The molecule has 1 aromatic rings. The Bertz CT molecular complexity index is 577. The first-order chi connectivity index (χ1) is 8.88. The van der Waals surface area contributed by atoms with Crippen LogP contribution in [0.4, 0.5) is 4.39 Å². The Labute approximate surface area is 132 Å². The Morgan fingerprint density at radius 3 is 2.45 bits per heavy atom. The molecule has 0 unspecified atom stereocenters. The van der Waals surface area contributed by atoms with Crippen LogP contribution in [0.3, 0.4) is 0 Å². The lowest BCUT2D eigenvalue weighted by Crippen LogP contribution is -2.51. The van der Waals surface area contributed by atoms with Gasteiger partial charge in [0.2, 0.25) is 10.0 Å². The summed E-state index contributed by atoms with van der Waals surface area (Å²) < 4.78 is 40.9. The predicted molar refractivity (Wildman–Crippen MR) is 81.9 cm³/mol. The third kappa shape index (κ3) is 3.71. The van der Waals surface area contributed by atoms with E-state index in [1.54, 1.807) is 0 Å². The van der Waals surface area contributed by atoms with E-state index in [4.69, 9.17) is 5.73 Å². The Morgan fingerprint density at radius 1 is 1.35 bits per heavy atom. The maximum Gasteiger partial charge on any atom is 0.241 e. The van der Waals surface area contributed by atoms with Crippen LogP contribution < -0.4 is 10.5 Å². The summed E-state index contributed by atoms with van der Waals surface area (Å²) in [6.45, 7) is 0.255. The van der Waals surface area contributed by atoms with Gasteiger partial charge in [-0.2, -0.15) is 0 Å². The third-order valence-electron chi connectivity index (χ3n) is 3.50. The minimum absolute atomic E-state index is 0. The summed E-state index contributed by atoms with van der Waals surface area (Å²) in [5, 5.41) is 0. The van der Waals surface area contributed by atoms with Crippen molar-refractivity contribution in [2.45, 2.75) is 36.1 Å². The van der Waals surface area contributed by atoms with Gasteiger partial charge in [0.25, 0.3) is 0 Å². The van der Waals surface area contributed by atoms with Crippen molar-refractivity contribution in [3.63, 3.8) is 0 Å². The topological polar surface area (TPSA) is 72.2 Å². The molecule has 1 aliphatic rings. The quantitative estimate of drug-likeness (QED) is 0.834. The molecule has 114 valence electrons. The summed E-state index contributed by atoms with van der Waals surface area (Å²) >= 11 is 3.00. The summed E-state index contributed by atoms with van der Waals surface area (Å²) in [4.78, 5) is -0.0760. The number of benzene rings is 1. The minimum atomic E-state index is -3.74. The summed E-state index contributed by atoms with van der Waals surface area (Å²) in [6, 6.07) is 3.76. The number of halogens is 3. The molecule has 0 spiro atoms. The first kappa shape index (κ1) is 17.8. The van der Waals surface area contributed by atoms with Crippen molar-refractivity contribution in [3.8, 4) is 0 Å². The van der Waals surface area contributed by atoms with Gasteiger partial charge in [0.15, 0.2) is 0 Å². The zero-order valence-corrected chi connectivity index (χ0v) is 14.0. The predicted octanol–water partition coefficient (Wildman–Crippen LogP) is 2.56. The van der Waals surface area contributed by atoms with E-state index in [1.807, 2.05) is 0 Å². The highest BCUT2D eigenvalue weighted by molar-refractivity contribution is 9.10. The van der Waals surface area contributed by atoms with E-state index in [0.29, 0.717) is 0 Å². The third-order valence-corrected chi connectivity index (χ3v) is 5.72. The number of hydrogen-bond donors (Lipinski definition) is 2. The molecule has 8 heteroatoms. The van der Waals surface area contributed by atoms with Crippen LogP contribution in [-0.4, -0.2) is 20.5 Å². The van der Waals surface area contributed by atoms with Gasteiger partial charge in [-0.25, -0.2) is 17.5 Å². The standard InChI is InChI=1S/C12H16BrFN2O2S.ClH/c13-10-4-3-9(7-11(10)14)19(17,18)16-12(8-15)5-1-2-6-12;/h3-4,7,16H,1-2,5-6,8,15H2;1H. The van der Waals surface area contributed by atoms with Crippen molar-refractivity contribution in [1.29, 1.82) is 0 Å². The number of nitrogens with one attached hydrogen (secondary N) is 1. The minimum Gasteiger partial charge on any atom is -0.329 e. The molecule has 1 aromatic carbocycles. The van der Waals surface area contributed by atoms with Gasteiger partial charge in [0.05, 0.1) is 9.37 Å². The Hall–Kier alpha value is -0.210. The van der Waals surface area contributed by atoms with Crippen molar-refractivity contribution in [1.82, 2.24) is 4.72 Å². The van der Waals surface area contributed by atoms with Crippen LogP contribution in [0.25, 0.3) is 0 Å². The highest BCUT2D eigenvalue weighted by Crippen LogP contribution is 2.30. The van der Waals surface area contributed by atoms with Gasteiger partial charge < -0.3 is 5.73 Å².